The lowest BCUT2D eigenvalue weighted by Gasteiger charge is -2.26. The molecular formula is C16H24N4O2. The van der Waals surface area contributed by atoms with Gasteiger partial charge in [0.1, 0.15) is 5.69 Å². The van der Waals surface area contributed by atoms with Crippen molar-refractivity contribution in [3.8, 4) is 6.01 Å². The average Bonchev–Trinajstić information content (AvgIpc) is 2.92. The third-order valence-corrected chi connectivity index (χ3v) is 4.21. The minimum absolute atomic E-state index is 0.0597. The van der Waals surface area contributed by atoms with E-state index in [9.17, 15) is 0 Å². The van der Waals surface area contributed by atoms with Crippen molar-refractivity contribution in [3.05, 3.63) is 5.69 Å². The lowest BCUT2D eigenvalue weighted by molar-refractivity contribution is 0.0117. The zero-order chi connectivity index (χ0) is 15.5. The molecule has 0 aliphatic carbocycles. The van der Waals surface area contributed by atoms with Crippen molar-refractivity contribution < 1.29 is 9.47 Å². The Morgan fingerprint density at radius 2 is 2.27 bits per heavy atom. The van der Waals surface area contributed by atoms with E-state index in [1.807, 2.05) is 13.1 Å². The van der Waals surface area contributed by atoms with Gasteiger partial charge in [-0.15, -0.1) is 0 Å². The first-order valence-electron chi connectivity index (χ1n) is 8.19. The Hall–Kier alpha value is -1.69. The summed E-state index contributed by atoms with van der Waals surface area (Å²) in [5.41, 5.74) is 7.55. The molecule has 1 saturated heterocycles. The summed E-state index contributed by atoms with van der Waals surface area (Å²) >= 11 is 0. The van der Waals surface area contributed by atoms with Crippen LogP contribution in [0.25, 0.3) is 0 Å². The number of anilines is 1. The molecule has 0 spiro atoms. The Kier molecular flexibility index (Phi) is 4.57. The fourth-order valence-corrected chi connectivity index (χ4v) is 3.08. The van der Waals surface area contributed by atoms with E-state index < -0.39 is 0 Å². The fraction of sp³-hybridized carbons (Fsp3) is 0.688. The Balaban J connectivity index is 1.82. The number of nitrogens with two attached hydrogens (primary N) is 1. The third-order valence-electron chi connectivity index (χ3n) is 4.21. The van der Waals surface area contributed by atoms with Crippen LogP contribution in [0.1, 0.15) is 57.6 Å². The Morgan fingerprint density at radius 1 is 1.41 bits per heavy atom. The predicted molar refractivity (Wildman–Crippen MR) is 85.9 cm³/mol. The lowest BCUT2D eigenvalue weighted by Crippen LogP contribution is -2.27. The molecule has 3 atom stereocenters. The van der Waals surface area contributed by atoms with E-state index in [2.05, 4.69) is 21.9 Å². The van der Waals surface area contributed by atoms with Gasteiger partial charge < -0.3 is 15.2 Å². The highest BCUT2D eigenvalue weighted by Crippen LogP contribution is 2.40. The summed E-state index contributed by atoms with van der Waals surface area (Å²) in [7, 11) is 0. The molecule has 1 aromatic heterocycles. The first-order chi connectivity index (χ1) is 10.7. The summed E-state index contributed by atoms with van der Waals surface area (Å²) in [6.07, 6.45) is 7.47. The van der Waals surface area contributed by atoms with Crippen molar-refractivity contribution in [2.24, 2.45) is 4.99 Å². The molecule has 2 aliphatic rings. The van der Waals surface area contributed by atoms with Crippen molar-refractivity contribution in [3.63, 3.8) is 0 Å². The standard InChI is InChI=1S/C16H24N4O2/c1-3-6-10(2)22-16-19-13-11(12-7-4-5-8-21-12)9-18-14(13)15(17)20-16/h9-12H,3-8H2,1-2H3,(H2,17,19,20)/t10-,11?,12?/m0/s1. The first-order valence-corrected chi connectivity index (χ1v) is 8.19. The van der Waals surface area contributed by atoms with Gasteiger partial charge in [-0.1, -0.05) is 13.3 Å². The molecule has 2 unspecified atom stereocenters. The second-order valence-electron chi connectivity index (χ2n) is 6.05. The molecule has 1 aromatic rings. The van der Waals surface area contributed by atoms with Crippen LogP contribution in [0.2, 0.25) is 0 Å². The van der Waals surface area contributed by atoms with Gasteiger partial charge in [0.2, 0.25) is 0 Å². The highest BCUT2D eigenvalue weighted by molar-refractivity contribution is 5.84. The number of nitrogens with zero attached hydrogens (tertiary/aromatic N) is 3. The molecule has 1 fully saturated rings. The average molecular weight is 304 g/mol. The number of hydrogen-bond donors (Lipinski definition) is 1. The van der Waals surface area contributed by atoms with Gasteiger partial charge in [-0.25, -0.2) is 0 Å². The van der Waals surface area contributed by atoms with E-state index in [0.29, 0.717) is 17.5 Å². The second kappa shape index (κ2) is 6.60. The van der Waals surface area contributed by atoms with Crippen molar-refractivity contribution in [2.75, 3.05) is 12.3 Å². The molecular weight excluding hydrogens is 280 g/mol. The molecule has 2 N–H and O–H groups in total. The highest BCUT2D eigenvalue weighted by Gasteiger charge is 2.33. The van der Waals surface area contributed by atoms with Gasteiger partial charge in [-0.2, -0.15) is 9.97 Å². The quantitative estimate of drug-likeness (QED) is 0.904. The number of hydrogen-bond acceptors (Lipinski definition) is 6. The van der Waals surface area contributed by atoms with Crippen molar-refractivity contribution in [2.45, 2.75) is 64.1 Å². The maximum atomic E-state index is 6.03. The lowest BCUT2D eigenvalue weighted by atomic mass is 9.94. The summed E-state index contributed by atoms with van der Waals surface area (Å²) in [6.45, 7) is 4.96. The van der Waals surface area contributed by atoms with Crippen LogP contribution in [0.15, 0.2) is 4.99 Å². The molecule has 2 aliphatic heterocycles. The molecule has 3 heterocycles. The highest BCUT2D eigenvalue weighted by atomic mass is 16.5. The van der Waals surface area contributed by atoms with Crippen LogP contribution in [-0.2, 0) is 4.74 Å². The third kappa shape index (κ3) is 3.06. The summed E-state index contributed by atoms with van der Waals surface area (Å²) in [5, 5.41) is 0. The molecule has 6 nitrogen and oxygen atoms in total. The molecule has 0 aromatic carbocycles. The Labute approximate surface area is 131 Å². The Morgan fingerprint density at radius 3 is 3.00 bits per heavy atom. The summed E-state index contributed by atoms with van der Waals surface area (Å²) < 4.78 is 11.7. The minimum atomic E-state index is 0.0597. The van der Waals surface area contributed by atoms with Crippen LogP contribution in [0, 0.1) is 0 Å². The summed E-state index contributed by atoms with van der Waals surface area (Å²) in [6, 6.07) is 0.350. The second-order valence-corrected chi connectivity index (χ2v) is 6.05. The number of fused-ring (bicyclic) bond motifs is 1. The van der Waals surface area contributed by atoms with Crippen molar-refractivity contribution >= 4 is 17.7 Å². The van der Waals surface area contributed by atoms with Crippen LogP contribution in [0.4, 0.5) is 11.5 Å². The van der Waals surface area contributed by atoms with Gasteiger partial charge in [0.05, 0.1) is 23.8 Å². The fourth-order valence-electron chi connectivity index (χ4n) is 3.08. The topological polar surface area (TPSA) is 82.6 Å². The van der Waals surface area contributed by atoms with Crippen molar-refractivity contribution in [1.29, 1.82) is 0 Å². The number of aromatic nitrogens is 2. The maximum Gasteiger partial charge on any atom is 0.319 e. The van der Waals surface area contributed by atoms with Gasteiger partial charge in [-0.3, -0.25) is 4.99 Å². The van der Waals surface area contributed by atoms with Crippen LogP contribution in [-0.4, -0.2) is 35.0 Å². The number of nitrogen functional groups attached to an aromatic ring is 1. The summed E-state index contributed by atoms with van der Waals surface area (Å²) in [4.78, 5) is 13.2. The van der Waals surface area contributed by atoms with Gasteiger partial charge in [0.15, 0.2) is 5.82 Å². The predicted octanol–water partition coefficient (Wildman–Crippen LogP) is 2.99. The molecule has 0 amide bonds. The van der Waals surface area contributed by atoms with Crippen molar-refractivity contribution in [1.82, 2.24) is 9.97 Å². The molecule has 0 saturated carbocycles. The van der Waals surface area contributed by atoms with Crippen LogP contribution >= 0.6 is 0 Å². The zero-order valence-electron chi connectivity index (χ0n) is 13.3. The van der Waals surface area contributed by atoms with Gasteiger partial charge in [0.25, 0.3) is 0 Å². The molecule has 22 heavy (non-hydrogen) atoms. The normalized spacial score (nSPS) is 25.0. The smallest absolute Gasteiger partial charge is 0.319 e. The SMILES string of the molecule is CCC[C@H](C)Oc1nc(N)c2c(n1)C(C1CCCCO1)C=N2. The van der Waals surface area contributed by atoms with E-state index in [0.717, 1.165) is 38.0 Å². The van der Waals surface area contributed by atoms with Gasteiger partial charge in [0, 0.05) is 12.8 Å². The van der Waals surface area contributed by atoms with Gasteiger partial charge in [-0.05, 0) is 32.6 Å². The molecule has 0 radical (unpaired) electrons. The van der Waals surface area contributed by atoms with E-state index >= 15 is 0 Å². The Bertz CT molecular complexity index is 555. The van der Waals surface area contributed by atoms with Gasteiger partial charge >= 0.3 is 6.01 Å². The molecule has 0 bridgehead atoms. The monoisotopic (exact) mass is 304 g/mol. The number of aliphatic imine (C=N–C) groups is 1. The van der Waals surface area contributed by atoms with E-state index in [1.54, 1.807) is 0 Å². The molecule has 6 heteroatoms. The first kappa shape index (κ1) is 15.2. The van der Waals surface area contributed by atoms with Crippen LogP contribution < -0.4 is 10.5 Å². The number of rotatable bonds is 5. The van der Waals surface area contributed by atoms with Crippen LogP contribution in [0.5, 0.6) is 6.01 Å². The van der Waals surface area contributed by atoms with E-state index in [4.69, 9.17) is 15.2 Å². The summed E-state index contributed by atoms with van der Waals surface area (Å²) in [5.74, 6) is 0.447. The minimum Gasteiger partial charge on any atom is -0.460 e. The number of ether oxygens (including phenoxy) is 2. The van der Waals surface area contributed by atoms with E-state index in [1.165, 1.54) is 6.42 Å². The zero-order valence-corrected chi connectivity index (χ0v) is 13.3. The largest absolute Gasteiger partial charge is 0.460 e. The molecule has 120 valence electrons. The maximum absolute atomic E-state index is 6.03. The van der Waals surface area contributed by atoms with Crippen LogP contribution in [0.3, 0.4) is 0 Å². The molecule has 3 rings (SSSR count). The van der Waals surface area contributed by atoms with E-state index in [-0.39, 0.29) is 18.1 Å².